The summed E-state index contributed by atoms with van der Waals surface area (Å²) in [7, 11) is 1.90. The van der Waals surface area contributed by atoms with Gasteiger partial charge in [0.2, 0.25) is 0 Å². The van der Waals surface area contributed by atoms with Gasteiger partial charge < -0.3 is 4.90 Å². The maximum absolute atomic E-state index is 13.2. The van der Waals surface area contributed by atoms with Gasteiger partial charge in [-0.1, -0.05) is 25.5 Å². The fourth-order valence-corrected chi connectivity index (χ4v) is 1.23. The van der Waals surface area contributed by atoms with Crippen LogP contribution in [0.2, 0.25) is 0 Å². The van der Waals surface area contributed by atoms with E-state index in [9.17, 15) is 4.39 Å². The molecule has 0 N–H and O–H groups in total. The molecule has 1 rings (SSSR count). The summed E-state index contributed by atoms with van der Waals surface area (Å²) in [5, 5.41) is 0. The third-order valence-corrected chi connectivity index (χ3v) is 2.01. The molecule has 0 saturated heterocycles. The first kappa shape index (κ1) is 10.0. The van der Waals surface area contributed by atoms with Crippen LogP contribution in [0, 0.1) is 12.7 Å². The zero-order valence-corrected chi connectivity index (χ0v) is 7.96. The van der Waals surface area contributed by atoms with Crippen molar-refractivity contribution in [2.45, 2.75) is 12.8 Å². The molecule has 0 aliphatic carbocycles. The highest BCUT2D eigenvalue weighted by Crippen LogP contribution is 2.16. The van der Waals surface area contributed by atoms with Crippen molar-refractivity contribution in [3.63, 3.8) is 0 Å². The lowest BCUT2D eigenvalue weighted by atomic mass is 10.2. The van der Waals surface area contributed by atoms with E-state index >= 15 is 0 Å². The van der Waals surface area contributed by atoms with Crippen molar-refractivity contribution in [3.05, 3.63) is 37.0 Å². The summed E-state index contributed by atoms with van der Waals surface area (Å²) in [6.07, 6.45) is 1.88. The fourth-order valence-electron chi connectivity index (χ4n) is 1.23. The van der Waals surface area contributed by atoms with E-state index in [0.29, 0.717) is 5.69 Å². The molecule has 13 heavy (non-hydrogen) atoms. The van der Waals surface area contributed by atoms with E-state index in [0.717, 1.165) is 19.4 Å². The first-order chi connectivity index (χ1) is 6.25. The van der Waals surface area contributed by atoms with Crippen LogP contribution in [0.25, 0.3) is 0 Å². The molecule has 1 aromatic carbocycles. The fraction of sp³-hybridized carbons (Fsp3) is 0.364. The molecule has 0 bridgehead atoms. The van der Waals surface area contributed by atoms with Gasteiger partial charge in [0.05, 0.1) is 5.69 Å². The quantitative estimate of drug-likeness (QED) is 0.688. The lowest BCUT2D eigenvalue weighted by Crippen LogP contribution is -2.19. The molecule has 1 radical (unpaired) electrons. The van der Waals surface area contributed by atoms with Crippen molar-refractivity contribution in [1.29, 1.82) is 0 Å². The van der Waals surface area contributed by atoms with Gasteiger partial charge in [-0.15, -0.1) is 0 Å². The van der Waals surface area contributed by atoms with E-state index in [1.54, 1.807) is 12.1 Å². The van der Waals surface area contributed by atoms with Gasteiger partial charge in [-0.05, 0) is 18.6 Å². The van der Waals surface area contributed by atoms with Gasteiger partial charge in [-0.3, -0.25) is 0 Å². The van der Waals surface area contributed by atoms with Crippen LogP contribution in [0.5, 0.6) is 0 Å². The number of hydrogen-bond donors (Lipinski definition) is 0. The summed E-state index contributed by atoms with van der Waals surface area (Å²) in [5.74, 6) is -0.158. The molecule has 0 amide bonds. The molecule has 2 heteroatoms. The van der Waals surface area contributed by atoms with Crippen molar-refractivity contribution in [2.75, 3.05) is 18.5 Å². The van der Waals surface area contributed by atoms with Crippen LogP contribution in [0.4, 0.5) is 10.1 Å². The van der Waals surface area contributed by atoms with Crippen molar-refractivity contribution < 1.29 is 4.39 Å². The highest BCUT2D eigenvalue weighted by atomic mass is 19.1. The van der Waals surface area contributed by atoms with E-state index in [-0.39, 0.29) is 5.82 Å². The summed E-state index contributed by atoms with van der Waals surface area (Å²) >= 11 is 0. The second kappa shape index (κ2) is 4.85. The summed E-state index contributed by atoms with van der Waals surface area (Å²) in [5.41, 5.74) is 0.663. The Morgan fingerprint density at radius 3 is 2.69 bits per heavy atom. The van der Waals surface area contributed by atoms with E-state index in [1.807, 2.05) is 18.0 Å². The van der Waals surface area contributed by atoms with Crippen molar-refractivity contribution >= 4 is 5.69 Å². The summed E-state index contributed by atoms with van der Waals surface area (Å²) in [6.45, 7) is 4.60. The highest BCUT2D eigenvalue weighted by Gasteiger charge is 2.04. The molecule has 0 aliphatic rings. The lowest BCUT2D eigenvalue weighted by molar-refractivity contribution is 0.620. The molecule has 0 heterocycles. The Bertz CT molecular complexity index is 260. The summed E-state index contributed by atoms with van der Waals surface area (Å²) in [4.78, 5) is 1.92. The molecule has 1 nitrogen and oxygen atoms in total. The highest BCUT2D eigenvalue weighted by molar-refractivity contribution is 5.46. The number of unbranched alkanes of at least 4 members (excludes halogenated alkanes) is 1. The van der Waals surface area contributed by atoms with E-state index < -0.39 is 0 Å². The number of anilines is 1. The Labute approximate surface area is 79.2 Å². The summed E-state index contributed by atoms with van der Waals surface area (Å²) in [6, 6.07) is 6.82. The van der Waals surface area contributed by atoms with Crippen LogP contribution in [0.3, 0.4) is 0 Å². The molecule has 0 saturated carbocycles. The second-order valence-electron chi connectivity index (χ2n) is 3.08. The molecule has 1 aromatic rings. The standard InChI is InChI=1S/C11H15FN/c1-3-4-9-13(2)11-8-6-5-7-10(11)12/h5-8H,1,3-4,9H2,2H3. The number of halogens is 1. The van der Waals surface area contributed by atoms with Gasteiger partial charge >= 0.3 is 0 Å². The normalized spacial score (nSPS) is 10.1. The topological polar surface area (TPSA) is 3.24 Å². The van der Waals surface area contributed by atoms with Crippen LogP contribution in [0.1, 0.15) is 12.8 Å². The molecule has 71 valence electrons. The number of para-hydroxylation sites is 1. The van der Waals surface area contributed by atoms with Gasteiger partial charge in [0.15, 0.2) is 0 Å². The zero-order chi connectivity index (χ0) is 9.68. The third kappa shape index (κ3) is 2.72. The SMILES string of the molecule is [CH2]CCCN(C)c1ccccc1F. The minimum Gasteiger partial charge on any atom is -0.372 e. The Morgan fingerprint density at radius 1 is 1.38 bits per heavy atom. The number of rotatable bonds is 4. The van der Waals surface area contributed by atoms with Crippen molar-refractivity contribution in [1.82, 2.24) is 0 Å². The predicted octanol–water partition coefficient (Wildman–Crippen LogP) is 2.88. The average molecular weight is 180 g/mol. The second-order valence-corrected chi connectivity index (χ2v) is 3.08. The molecular weight excluding hydrogens is 165 g/mol. The molecule has 0 spiro atoms. The summed E-state index contributed by atoms with van der Waals surface area (Å²) < 4.78 is 13.2. The molecule has 0 aliphatic heterocycles. The Balaban J connectivity index is 2.65. The number of benzene rings is 1. The van der Waals surface area contributed by atoms with E-state index in [1.165, 1.54) is 6.07 Å². The van der Waals surface area contributed by atoms with Gasteiger partial charge in [0.1, 0.15) is 5.82 Å². The third-order valence-electron chi connectivity index (χ3n) is 2.01. The smallest absolute Gasteiger partial charge is 0.146 e. The monoisotopic (exact) mass is 180 g/mol. The van der Waals surface area contributed by atoms with Crippen LogP contribution >= 0.6 is 0 Å². The Morgan fingerprint density at radius 2 is 2.08 bits per heavy atom. The predicted molar refractivity (Wildman–Crippen MR) is 54.3 cm³/mol. The zero-order valence-electron chi connectivity index (χ0n) is 7.96. The molecule has 0 unspecified atom stereocenters. The van der Waals surface area contributed by atoms with Crippen LogP contribution in [-0.2, 0) is 0 Å². The largest absolute Gasteiger partial charge is 0.372 e. The first-order valence-corrected chi connectivity index (χ1v) is 4.50. The molecular formula is C11H15FN. The van der Waals surface area contributed by atoms with Crippen molar-refractivity contribution in [3.8, 4) is 0 Å². The Kier molecular flexibility index (Phi) is 3.74. The van der Waals surface area contributed by atoms with Gasteiger partial charge in [-0.2, -0.15) is 0 Å². The van der Waals surface area contributed by atoms with E-state index in [2.05, 4.69) is 6.92 Å². The van der Waals surface area contributed by atoms with Gasteiger partial charge in [0.25, 0.3) is 0 Å². The van der Waals surface area contributed by atoms with Crippen LogP contribution in [-0.4, -0.2) is 13.6 Å². The molecule has 0 fully saturated rings. The molecule has 0 aromatic heterocycles. The maximum Gasteiger partial charge on any atom is 0.146 e. The first-order valence-electron chi connectivity index (χ1n) is 4.50. The minimum absolute atomic E-state index is 0.158. The minimum atomic E-state index is -0.158. The van der Waals surface area contributed by atoms with Gasteiger partial charge in [0, 0.05) is 13.6 Å². The van der Waals surface area contributed by atoms with E-state index in [4.69, 9.17) is 0 Å². The lowest BCUT2D eigenvalue weighted by Gasteiger charge is -2.19. The Hall–Kier alpha value is -1.05. The maximum atomic E-state index is 13.2. The van der Waals surface area contributed by atoms with Crippen LogP contribution in [0.15, 0.2) is 24.3 Å². The average Bonchev–Trinajstić information content (AvgIpc) is 2.15. The number of hydrogen-bond acceptors (Lipinski definition) is 1. The van der Waals surface area contributed by atoms with Crippen molar-refractivity contribution in [2.24, 2.45) is 0 Å². The molecule has 0 atom stereocenters. The van der Waals surface area contributed by atoms with Crippen LogP contribution < -0.4 is 4.90 Å². The van der Waals surface area contributed by atoms with Gasteiger partial charge in [-0.25, -0.2) is 4.39 Å². The number of nitrogens with zero attached hydrogens (tertiary/aromatic N) is 1.